The zero-order valence-corrected chi connectivity index (χ0v) is 15.2. The van der Waals surface area contributed by atoms with Crippen molar-refractivity contribution in [3.63, 3.8) is 0 Å². The van der Waals surface area contributed by atoms with Gasteiger partial charge in [0.15, 0.2) is 0 Å². The lowest BCUT2D eigenvalue weighted by atomic mass is 10.0. The fraction of sp³-hybridized carbons (Fsp3) is 0.474. The highest BCUT2D eigenvalue weighted by molar-refractivity contribution is 6.30. The first-order chi connectivity index (χ1) is 12.1. The van der Waals surface area contributed by atoms with E-state index in [4.69, 9.17) is 16.6 Å². The summed E-state index contributed by atoms with van der Waals surface area (Å²) >= 11 is 5.96. The topological polar surface area (TPSA) is 52.2 Å². The zero-order valence-electron chi connectivity index (χ0n) is 14.5. The minimum Gasteiger partial charge on any atom is -0.340 e. The van der Waals surface area contributed by atoms with E-state index in [9.17, 15) is 4.79 Å². The Labute approximate surface area is 153 Å². The maximum Gasteiger partial charge on any atom is 0.240 e. The van der Waals surface area contributed by atoms with E-state index in [1.165, 1.54) is 6.42 Å². The van der Waals surface area contributed by atoms with Crippen molar-refractivity contribution in [1.29, 1.82) is 0 Å². The molecule has 0 bridgehead atoms. The van der Waals surface area contributed by atoms with Crippen molar-refractivity contribution >= 4 is 17.5 Å². The molecule has 0 saturated carbocycles. The molecule has 1 aromatic carbocycles. The highest BCUT2D eigenvalue weighted by Crippen LogP contribution is 2.25. The van der Waals surface area contributed by atoms with Crippen LogP contribution in [0.4, 0.5) is 0 Å². The predicted octanol–water partition coefficient (Wildman–Crippen LogP) is 3.10. The quantitative estimate of drug-likeness (QED) is 0.897. The monoisotopic (exact) mass is 358 g/mol. The molecule has 2 aliphatic heterocycles. The molecule has 132 valence electrons. The fourth-order valence-corrected chi connectivity index (χ4v) is 3.95. The largest absolute Gasteiger partial charge is 0.340 e. The van der Waals surface area contributed by atoms with Gasteiger partial charge in [-0.2, -0.15) is 0 Å². The summed E-state index contributed by atoms with van der Waals surface area (Å²) < 4.78 is 0. The van der Waals surface area contributed by atoms with Gasteiger partial charge >= 0.3 is 0 Å². The van der Waals surface area contributed by atoms with Gasteiger partial charge in [-0.1, -0.05) is 18.0 Å². The lowest BCUT2D eigenvalue weighted by Crippen LogP contribution is -2.50. The number of imidazole rings is 1. The van der Waals surface area contributed by atoms with Crippen LogP contribution in [0.25, 0.3) is 11.4 Å². The van der Waals surface area contributed by atoms with E-state index in [-0.39, 0.29) is 11.9 Å². The minimum absolute atomic E-state index is 0.0361. The average molecular weight is 359 g/mol. The SMILES string of the molecule is CN1CCCC[C@H]1C(=O)N1CCc2nc(-c3ccc(Cl)cc3)[nH]c2C1. The molecule has 1 fully saturated rings. The third-order valence-corrected chi connectivity index (χ3v) is 5.57. The van der Waals surface area contributed by atoms with E-state index in [1.54, 1.807) is 0 Å². The number of benzene rings is 1. The molecule has 1 saturated heterocycles. The van der Waals surface area contributed by atoms with Gasteiger partial charge in [-0.3, -0.25) is 9.69 Å². The van der Waals surface area contributed by atoms with Crippen molar-refractivity contribution in [1.82, 2.24) is 19.8 Å². The van der Waals surface area contributed by atoms with Gasteiger partial charge in [0.25, 0.3) is 0 Å². The number of rotatable bonds is 2. The van der Waals surface area contributed by atoms with E-state index >= 15 is 0 Å². The van der Waals surface area contributed by atoms with Crippen LogP contribution in [0.1, 0.15) is 30.7 Å². The summed E-state index contributed by atoms with van der Waals surface area (Å²) in [4.78, 5) is 25.2. The second-order valence-electron chi connectivity index (χ2n) is 7.02. The number of hydrogen-bond acceptors (Lipinski definition) is 3. The van der Waals surface area contributed by atoms with Crippen LogP contribution in [0.15, 0.2) is 24.3 Å². The van der Waals surface area contributed by atoms with Crippen molar-refractivity contribution in [2.24, 2.45) is 0 Å². The van der Waals surface area contributed by atoms with E-state index in [1.807, 2.05) is 29.2 Å². The number of aromatic nitrogens is 2. The highest BCUT2D eigenvalue weighted by Gasteiger charge is 2.32. The third-order valence-electron chi connectivity index (χ3n) is 5.32. The predicted molar refractivity (Wildman–Crippen MR) is 98.4 cm³/mol. The molecule has 5 nitrogen and oxygen atoms in total. The van der Waals surface area contributed by atoms with E-state index in [0.29, 0.717) is 11.6 Å². The molecule has 2 aliphatic rings. The number of likely N-dealkylation sites (N-methyl/N-ethyl adjacent to an activating group) is 1. The van der Waals surface area contributed by atoms with Crippen LogP contribution in [-0.4, -0.2) is 51.9 Å². The molecule has 6 heteroatoms. The maximum atomic E-state index is 12.9. The molecular weight excluding hydrogens is 336 g/mol. The van der Waals surface area contributed by atoms with Gasteiger partial charge in [0, 0.05) is 23.6 Å². The van der Waals surface area contributed by atoms with Gasteiger partial charge in [0.1, 0.15) is 5.82 Å². The highest BCUT2D eigenvalue weighted by atomic mass is 35.5. The number of H-pyrrole nitrogens is 1. The molecule has 1 atom stereocenters. The van der Waals surface area contributed by atoms with Gasteiger partial charge in [-0.05, 0) is 50.7 Å². The van der Waals surface area contributed by atoms with Gasteiger partial charge in [-0.15, -0.1) is 0 Å². The summed E-state index contributed by atoms with van der Waals surface area (Å²) in [5.74, 6) is 1.11. The average Bonchev–Trinajstić information content (AvgIpc) is 3.05. The van der Waals surface area contributed by atoms with Crippen LogP contribution in [0.3, 0.4) is 0 Å². The van der Waals surface area contributed by atoms with Crippen molar-refractivity contribution in [2.75, 3.05) is 20.1 Å². The Balaban J connectivity index is 1.51. The Morgan fingerprint density at radius 2 is 2.04 bits per heavy atom. The zero-order chi connectivity index (χ0) is 17.4. The number of halogens is 1. The molecule has 3 heterocycles. The molecule has 2 aromatic rings. The number of amides is 1. The van der Waals surface area contributed by atoms with E-state index in [2.05, 4.69) is 16.9 Å². The van der Waals surface area contributed by atoms with Crippen molar-refractivity contribution < 1.29 is 4.79 Å². The minimum atomic E-state index is 0.0361. The number of likely N-dealkylation sites (tertiary alicyclic amines) is 1. The van der Waals surface area contributed by atoms with Crippen LogP contribution < -0.4 is 0 Å². The summed E-state index contributed by atoms with van der Waals surface area (Å²) in [5, 5.41) is 0.716. The van der Waals surface area contributed by atoms with Gasteiger partial charge < -0.3 is 9.88 Å². The Bertz CT molecular complexity index is 770. The third kappa shape index (κ3) is 3.31. The first kappa shape index (κ1) is 16.6. The number of aromatic amines is 1. The Morgan fingerprint density at radius 3 is 2.80 bits per heavy atom. The Kier molecular flexibility index (Phi) is 4.52. The summed E-state index contributed by atoms with van der Waals surface area (Å²) in [6.07, 6.45) is 4.11. The summed E-state index contributed by atoms with van der Waals surface area (Å²) in [7, 11) is 2.06. The molecule has 25 heavy (non-hydrogen) atoms. The van der Waals surface area contributed by atoms with Gasteiger partial charge in [0.05, 0.1) is 24.0 Å². The van der Waals surface area contributed by atoms with Gasteiger partial charge in [0.2, 0.25) is 5.91 Å². The standard InChI is InChI=1S/C19H23ClN4O/c1-23-10-3-2-4-17(23)19(25)24-11-9-15-16(12-24)22-18(21-15)13-5-7-14(20)8-6-13/h5-8,17H,2-4,9-12H2,1H3,(H,21,22)/t17-/m0/s1. The maximum absolute atomic E-state index is 12.9. The number of carbonyl (C=O) groups is 1. The first-order valence-electron chi connectivity index (χ1n) is 8.94. The molecule has 0 radical (unpaired) electrons. The van der Waals surface area contributed by atoms with E-state index in [0.717, 1.165) is 55.1 Å². The molecule has 1 aromatic heterocycles. The summed E-state index contributed by atoms with van der Waals surface area (Å²) in [6, 6.07) is 7.70. The second kappa shape index (κ2) is 6.81. The molecule has 1 N–H and O–H groups in total. The van der Waals surface area contributed by atoms with Crippen molar-refractivity contribution in [3.05, 3.63) is 40.7 Å². The lowest BCUT2D eigenvalue weighted by Gasteiger charge is -2.36. The molecule has 0 aliphatic carbocycles. The number of piperidine rings is 1. The van der Waals surface area contributed by atoms with Crippen LogP contribution in [0.5, 0.6) is 0 Å². The Morgan fingerprint density at radius 1 is 1.24 bits per heavy atom. The molecule has 1 amide bonds. The normalized spacial score (nSPS) is 21.2. The first-order valence-corrected chi connectivity index (χ1v) is 9.32. The number of nitrogens with zero attached hydrogens (tertiary/aromatic N) is 3. The molecule has 0 unspecified atom stereocenters. The Hall–Kier alpha value is -1.85. The summed E-state index contributed by atoms with van der Waals surface area (Å²) in [5.41, 5.74) is 3.15. The number of carbonyl (C=O) groups excluding carboxylic acids is 1. The van der Waals surface area contributed by atoms with E-state index < -0.39 is 0 Å². The number of nitrogens with one attached hydrogen (secondary N) is 1. The number of fused-ring (bicyclic) bond motifs is 1. The van der Waals surface area contributed by atoms with Crippen LogP contribution in [0.2, 0.25) is 5.02 Å². The molecular formula is C19H23ClN4O. The summed E-state index contributed by atoms with van der Waals surface area (Å²) in [6.45, 7) is 2.39. The smallest absolute Gasteiger partial charge is 0.240 e. The second-order valence-corrected chi connectivity index (χ2v) is 7.46. The molecule has 4 rings (SSSR count). The molecule has 0 spiro atoms. The van der Waals surface area contributed by atoms with Crippen molar-refractivity contribution in [2.45, 2.75) is 38.3 Å². The fourth-order valence-electron chi connectivity index (χ4n) is 3.82. The lowest BCUT2D eigenvalue weighted by molar-refractivity contribution is -0.138. The van der Waals surface area contributed by atoms with Crippen LogP contribution >= 0.6 is 11.6 Å². The number of hydrogen-bond donors (Lipinski definition) is 1. The van der Waals surface area contributed by atoms with Crippen LogP contribution in [-0.2, 0) is 17.8 Å². The van der Waals surface area contributed by atoms with Gasteiger partial charge in [-0.25, -0.2) is 4.98 Å². The van der Waals surface area contributed by atoms with Crippen LogP contribution in [0, 0.1) is 0 Å². The van der Waals surface area contributed by atoms with Crippen molar-refractivity contribution in [3.8, 4) is 11.4 Å².